The lowest BCUT2D eigenvalue weighted by Gasteiger charge is -2.16. The first-order valence-corrected chi connectivity index (χ1v) is 10.1. The van der Waals surface area contributed by atoms with E-state index in [0.29, 0.717) is 5.56 Å². The Morgan fingerprint density at radius 2 is 1.53 bits per heavy atom. The molecule has 1 aromatic heterocycles. The number of carbonyl (C=O) groups excluding carboxylic acids is 1. The van der Waals surface area contributed by atoms with Gasteiger partial charge >= 0.3 is 11.9 Å². The molecular formula is C26H20FNO4. The molecule has 0 saturated heterocycles. The van der Waals surface area contributed by atoms with Gasteiger partial charge < -0.3 is 9.84 Å². The van der Waals surface area contributed by atoms with Crippen LogP contribution in [0.25, 0.3) is 33.3 Å². The van der Waals surface area contributed by atoms with Gasteiger partial charge in [-0.25, -0.2) is 14.2 Å². The lowest BCUT2D eigenvalue weighted by molar-refractivity contribution is -0.137. The Labute approximate surface area is 184 Å². The number of carboxylic acids is 1. The topological polar surface area (TPSA) is 76.5 Å². The minimum absolute atomic E-state index is 0.0636. The predicted octanol–water partition coefficient (Wildman–Crippen LogP) is 5.97. The fraction of sp³-hybridized carbons (Fsp3) is 0.115. The third-order valence-electron chi connectivity index (χ3n) is 5.06. The van der Waals surface area contributed by atoms with Crippen molar-refractivity contribution in [2.75, 3.05) is 0 Å². The number of hydrogen-bond acceptors (Lipinski definition) is 4. The number of carboxylic acid groups (broad SMARTS) is 1. The van der Waals surface area contributed by atoms with E-state index < -0.39 is 23.7 Å². The highest BCUT2D eigenvalue weighted by Gasteiger charge is 2.26. The van der Waals surface area contributed by atoms with Gasteiger partial charge in [0.25, 0.3) is 0 Å². The Kier molecular flexibility index (Phi) is 5.69. The fourth-order valence-corrected chi connectivity index (χ4v) is 3.39. The molecule has 0 aliphatic rings. The zero-order chi connectivity index (χ0) is 22.8. The van der Waals surface area contributed by atoms with Crippen LogP contribution in [0.2, 0.25) is 0 Å². The average Bonchev–Trinajstić information content (AvgIpc) is 2.79. The van der Waals surface area contributed by atoms with Crippen molar-refractivity contribution in [1.82, 2.24) is 4.98 Å². The maximum atomic E-state index is 13.9. The molecule has 4 rings (SSSR count). The summed E-state index contributed by atoms with van der Waals surface area (Å²) in [7, 11) is 0. The van der Waals surface area contributed by atoms with Crippen LogP contribution in [0.4, 0.5) is 4.39 Å². The lowest BCUT2D eigenvalue weighted by atomic mass is 9.99. The highest BCUT2D eigenvalue weighted by atomic mass is 19.1. The number of fused-ring (bicyclic) bond motifs is 1. The second-order valence-corrected chi connectivity index (χ2v) is 7.65. The molecule has 0 unspecified atom stereocenters. The average molecular weight is 429 g/mol. The molecule has 0 bridgehead atoms. The van der Waals surface area contributed by atoms with Gasteiger partial charge in [0, 0.05) is 10.9 Å². The molecule has 160 valence electrons. The van der Waals surface area contributed by atoms with Crippen LogP contribution in [0.1, 0.15) is 24.2 Å². The number of benzene rings is 3. The number of aromatic nitrogens is 1. The molecule has 1 N–H and O–H groups in total. The molecule has 0 aliphatic heterocycles. The Morgan fingerprint density at radius 1 is 0.906 bits per heavy atom. The van der Waals surface area contributed by atoms with Gasteiger partial charge in [0.15, 0.2) is 5.75 Å². The van der Waals surface area contributed by atoms with Crippen LogP contribution >= 0.6 is 0 Å². The van der Waals surface area contributed by atoms with Gasteiger partial charge in [-0.05, 0) is 29.3 Å². The summed E-state index contributed by atoms with van der Waals surface area (Å²) in [4.78, 5) is 29.1. The van der Waals surface area contributed by atoms with Crippen LogP contribution in [0, 0.1) is 11.7 Å². The number of hydrogen-bond donors (Lipinski definition) is 1. The third kappa shape index (κ3) is 4.07. The first kappa shape index (κ1) is 21.2. The molecule has 5 nitrogen and oxygen atoms in total. The van der Waals surface area contributed by atoms with E-state index in [0.717, 1.165) is 17.2 Å². The standard InChI is InChI=1S/C26H20FNO4/c1-15(2)26(31)32-24-22(25(29)30)20-14-19(27)12-13-21(20)28-23(24)18-10-8-17(9-11-18)16-6-4-3-5-7-16/h3-15H,1-2H3,(H,29,30). The molecule has 0 radical (unpaired) electrons. The van der Waals surface area contributed by atoms with Crippen molar-refractivity contribution in [1.29, 1.82) is 0 Å². The molecule has 0 amide bonds. The largest absolute Gasteiger partial charge is 0.478 e. The maximum Gasteiger partial charge on any atom is 0.340 e. The normalized spacial score (nSPS) is 11.0. The summed E-state index contributed by atoms with van der Waals surface area (Å²) in [5.41, 5.74) is 2.76. The monoisotopic (exact) mass is 429 g/mol. The number of aromatic carboxylic acids is 1. The molecule has 4 aromatic rings. The van der Waals surface area contributed by atoms with E-state index in [-0.39, 0.29) is 27.9 Å². The summed E-state index contributed by atoms with van der Waals surface area (Å²) in [5, 5.41) is 9.99. The number of rotatable bonds is 5. The first-order chi connectivity index (χ1) is 15.3. The zero-order valence-corrected chi connectivity index (χ0v) is 17.5. The Hall–Kier alpha value is -4.06. The molecule has 32 heavy (non-hydrogen) atoms. The Balaban J connectivity index is 1.94. The van der Waals surface area contributed by atoms with Gasteiger partial charge in [0.05, 0.1) is 11.4 Å². The number of nitrogens with zero attached hydrogens (tertiary/aromatic N) is 1. The van der Waals surface area contributed by atoms with Crippen molar-refractivity contribution in [2.24, 2.45) is 5.92 Å². The van der Waals surface area contributed by atoms with Gasteiger partial charge in [0.1, 0.15) is 17.1 Å². The molecule has 0 aliphatic carbocycles. The first-order valence-electron chi connectivity index (χ1n) is 10.1. The summed E-state index contributed by atoms with van der Waals surface area (Å²) in [6.45, 7) is 3.29. The molecule has 1 heterocycles. The fourth-order valence-electron chi connectivity index (χ4n) is 3.39. The second kappa shape index (κ2) is 8.59. The molecule has 0 spiro atoms. The van der Waals surface area contributed by atoms with Crippen LogP contribution in [0.15, 0.2) is 72.8 Å². The van der Waals surface area contributed by atoms with Gasteiger partial charge in [0.2, 0.25) is 0 Å². The maximum absolute atomic E-state index is 13.9. The molecule has 6 heteroatoms. The van der Waals surface area contributed by atoms with E-state index in [1.54, 1.807) is 26.0 Å². The molecular weight excluding hydrogens is 409 g/mol. The van der Waals surface area contributed by atoms with Gasteiger partial charge in [-0.15, -0.1) is 0 Å². The SMILES string of the molecule is CC(C)C(=O)Oc1c(-c2ccc(-c3ccccc3)cc2)nc2ccc(F)cc2c1C(=O)O. The van der Waals surface area contributed by atoms with E-state index in [1.807, 2.05) is 42.5 Å². The van der Waals surface area contributed by atoms with E-state index in [4.69, 9.17) is 4.74 Å². The summed E-state index contributed by atoms with van der Waals surface area (Å²) >= 11 is 0. The molecule has 0 saturated carbocycles. The summed E-state index contributed by atoms with van der Waals surface area (Å²) in [5.74, 6) is -3.23. The highest BCUT2D eigenvalue weighted by Crippen LogP contribution is 2.38. The second-order valence-electron chi connectivity index (χ2n) is 7.65. The minimum atomic E-state index is -1.34. The summed E-state index contributed by atoms with van der Waals surface area (Å²) in [6.07, 6.45) is 0. The summed E-state index contributed by atoms with van der Waals surface area (Å²) < 4.78 is 19.4. The number of carbonyl (C=O) groups is 2. The smallest absolute Gasteiger partial charge is 0.340 e. The minimum Gasteiger partial charge on any atom is -0.478 e. The van der Waals surface area contributed by atoms with Crippen molar-refractivity contribution in [3.05, 3.63) is 84.2 Å². The van der Waals surface area contributed by atoms with Crippen LogP contribution in [0.5, 0.6) is 5.75 Å². The number of ether oxygens (including phenoxy) is 1. The van der Waals surface area contributed by atoms with Crippen LogP contribution < -0.4 is 4.74 Å². The van der Waals surface area contributed by atoms with E-state index in [9.17, 15) is 19.1 Å². The van der Waals surface area contributed by atoms with Crippen molar-refractivity contribution < 1.29 is 23.8 Å². The van der Waals surface area contributed by atoms with Crippen molar-refractivity contribution >= 4 is 22.8 Å². The number of pyridine rings is 1. The van der Waals surface area contributed by atoms with E-state index in [1.165, 1.54) is 12.1 Å². The highest BCUT2D eigenvalue weighted by molar-refractivity contribution is 6.08. The Morgan fingerprint density at radius 3 is 2.16 bits per heavy atom. The van der Waals surface area contributed by atoms with Crippen molar-refractivity contribution in [3.8, 4) is 28.1 Å². The van der Waals surface area contributed by atoms with Crippen LogP contribution in [0.3, 0.4) is 0 Å². The van der Waals surface area contributed by atoms with Crippen LogP contribution in [-0.2, 0) is 4.79 Å². The summed E-state index contributed by atoms with van der Waals surface area (Å²) in [6, 6.07) is 20.8. The third-order valence-corrected chi connectivity index (χ3v) is 5.06. The quantitative estimate of drug-likeness (QED) is 0.396. The van der Waals surface area contributed by atoms with Gasteiger partial charge in [-0.2, -0.15) is 0 Å². The lowest BCUT2D eigenvalue weighted by Crippen LogP contribution is -2.18. The molecule has 0 atom stereocenters. The predicted molar refractivity (Wildman–Crippen MR) is 120 cm³/mol. The van der Waals surface area contributed by atoms with Crippen LogP contribution in [-0.4, -0.2) is 22.0 Å². The van der Waals surface area contributed by atoms with E-state index in [2.05, 4.69) is 4.98 Å². The Bertz CT molecular complexity index is 1320. The molecule has 3 aromatic carbocycles. The zero-order valence-electron chi connectivity index (χ0n) is 17.5. The molecule has 0 fully saturated rings. The van der Waals surface area contributed by atoms with E-state index >= 15 is 0 Å². The number of halogens is 1. The van der Waals surface area contributed by atoms with Crippen molar-refractivity contribution in [2.45, 2.75) is 13.8 Å². The van der Waals surface area contributed by atoms with Gasteiger partial charge in [-0.3, -0.25) is 4.79 Å². The number of esters is 1. The van der Waals surface area contributed by atoms with Gasteiger partial charge in [-0.1, -0.05) is 68.4 Å². The van der Waals surface area contributed by atoms with Crippen molar-refractivity contribution in [3.63, 3.8) is 0 Å².